The van der Waals surface area contributed by atoms with Gasteiger partial charge in [0.1, 0.15) is 30.1 Å². The standard InChI is InChI=1S/C15H22FN3O6.C10H12ClN5O3/c1-3-4-5-6-24-15(23)18-12-9(16)7-19(14(22)17-12)13-11(21)10(20)8(2)25-13;11-10-14-8(12)7-9(15-10)16(3-13-7)6-1-4(18)5(2-17)19-6/h7-8,10-11,13,20-21H,3-6H2,1-2H3,(H,17,18,22,23);3-6,17-18H,1-2H2,(H2,12,14,15)/t8-,10-,11-,13-;4-,5+,6+/m10/s1. The first-order valence-electron chi connectivity index (χ1n) is 13.8. The summed E-state index contributed by atoms with van der Waals surface area (Å²) in [6, 6.07) is 0. The zero-order valence-corrected chi connectivity index (χ0v) is 24.5. The number of nitrogens with zero attached hydrogens (tertiary/aromatic N) is 6. The smallest absolute Gasteiger partial charge is 0.412 e. The monoisotopic (exact) mass is 644 g/mol. The molecular weight excluding hydrogens is 611 g/mol. The summed E-state index contributed by atoms with van der Waals surface area (Å²) in [6.07, 6.45) is -2.23. The van der Waals surface area contributed by atoms with Crippen LogP contribution in [0.25, 0.3) is 11.2 Å². The number of aliphatic hydroxyl groups excluding tert-OH is 4. The summed E-state index contributed by atoms with van der Waals surface area (Å²) in [6.45, 7) is 3.44. The number of imidazole rings is 1. The van der Waals surface area contributed by atoms with E-state index in [4.69, 9.17) is 36.7 Å². The third-order valence-electron chi connectivity index (χ3n) is 6.98. The van der Waals surface area contributed by atoms with Gasteiger partial charge in [-0.2, -0.15) is 15.0 Å². The second-order valence-corrected chi connectivity index (χ2v) is 10.5. The van der Waals surface area contributed by atoms with Crippen LogP contribution in [0.1, 0.15) is 52.0 Å². The topological polar surface area (TPSA) is 242 Å². The lowest BCUT2D eigenvalue weighted by Crippen LogP contribution is -2.36. The van der Waals surface area contributed by atoms with E-state index >= 15 is 0 Å². The van der Waals surface area contributed by atoms with Crippen LogP contribution in [-0.4, -0.2) is 99.3 Å². The number of rotatable bonds is 8. The lowest BCUT2D eigenvalue weighted by Gasteiger charge is -2.17. The fourth-order valence-electron chi connectivity index (χ4n) is 4.59. The van der Waals surface area contributed by atoms with E-state index in [2.05, 4.69) is 25.3 Å². The maximum absolute atomic E-state index is 14.1. The number of nitrogens with one attached hydrogen (secondary N) is 1. The van der Waals surface area contributed by atoms with Gasteiger partial charge in [-0.15, -0.1) is 0 Å². The van der Waals surface area contributed by atoms with Gasteiger partial charge in [-0.1, -0.05) is 19.8 Å². The summed E-state index contributed by atoms with van der Waals surface area (Å²) in [4.78, 5) is 39.0. The SMILES string of the molecule is CCCCCOC(=O)Nc1nc(=O)n([C@@H]2O[C@H](C)[C@@H](O)[C@H]2O)cc1F.Nc1nc(Cl)nc2c1ncn2[C@H]1C[C@H](O)[C@@H](CO)O1. The number of halogens is 2. The summed E-state index contributed by atoms with van der Waals surface area (Å²) in [7, 11) is 0. The number of hydrogen-bond acceptors (Lipinski definition) is 14. The summed E-state index contributed by atoms with van der Waals surface area (Å²) >= 11 is 5.77. The number of carbonyl (C=O) groups excluding carboxylic acids is 1. The molecule has 2 aliphatic rings. The van der Waals surface area contributed by atoms with Crippen molar-refractivity contribution in [2.24, 2.45) is 0 Å². The third kappa shape index (κ3) is 7.40. The third-order valence-corrected chi connectivity index (χ3v) is 7.14. The van der Waals surface area contributed by atoms with Crippen LogP contribution in [0.2, 0.25) is 5.28 Å². The predicted molar refractivity (Wildman–Crippen MR) is 151 cm³/mol. The van der Waals surface area contributed by atoms with Crippen molar-refractivity contribution >= 4 is 40.5 Å². The Kier molecular flexibility index (Phi) is 11.0. The minimum atomic E-state index is -1.41. The Hall–Kier alpha value is -3.52. The molecule has 2 saturated heterocycles. The van der Waals surface area contributed by atoms with E-state index in [1.54, 1.807) is 4.57 Å². The molecule has 3 aromatic heterocycles. The van der Waals surface area contributed by atoms with E-state index in [1.165, 1.54) is 13.3 Å². The first-order valence-corrected chi connectivity index (χ1v) is 14.2. The highest BCUT2D eigenvalue weighted by molar-refractivity contribution is 6.28. The van der Waals surface area contributed by atoms with Crippen molar-refractivity contribution in [2.75, 3.05) is 24.3 Å². The van der Waals surface area contributed by atoms with Crippen molar-refractivity contribution in [1.29, 1.82) is 0 Å². The summed E-state index contributed by atoms with van der Waals surface area (Å²) in [5.74, 6) is -1.40. The van der Waals surface area contributed by atoms with Crippen LogP contribution in [0.3, 0.4) is 0 Å². The molecule has 0 aromatic carbocycles. The first-order chi connectivity index (χ1) is 20.9. The van der Waals surface area contributed by atoms with Crippen LogP contribution in [0, 0.1) is 5.82 Å². The molecule has 5 rings (SSSR count). The molecule has 0 radical (unpaired) electrons. The maximum Gasteiger partial charge on any atom is 0.412 e. The Morgan fingerprint density at radius 2 is 1.95 bits per heavy atom. The lowest BCUT2D eigenvalue weighted by atomic mass is 10.1. The van der Waals surface area contributed by atoms with Gasteiger partial charge in [-0.05, 0) is 24.9 Å². The molecule has 2 fully saturated rings. The molecule has 3 aromatic rings. The van der Waals surface area contributed by atoms with Gasteiger partial charge in [0, 0.05) is 6.42 Å². The number of amides is 1. The Balaban J connectivity index is 0.000000208. The number of aliphatic hydroxyl groups is 4. The molecule has 7 N–H and O–H groups in total. The number of fused-ring (bicyclic) bond motifs is 1. The van der Waals surface area contributed by atoms with Crippen molar-refractivity contribution in [2.45, 2.75) is 82.5 Å². The van der Waals surface area contributed by atoms with Gasteiger partial charge < -0.3 is 40.4 Å². The van der Waals surface area contributed by atoms with Gasteiger partial charge in [0.25, 0.3) is 0 Å². The van der Waals surface area contributed by atoms with Crippen molar-refractivity contribution in [1.82, 2.24) is 29.1 Å². The highest BCUT2D eigenvalue weighted by atomic mass is 35.5. The Labute approximate surface area is 254 Å². The Morgan fingerprint density at radius 3 is 2.59 bits per heavy atom. The number of anilines is 2. The van der Waals surface area contributed by atoms with Crippen molar-refractivity contribution in [3.05, 3.63) is 34.1 Å². The molecule has 7 atom stereocenters. The zero-order chi connectivity index (χ0) is 32.1. The highest BCUT2D eigenvalue weighted by Crippen LogP contribution is 2.32. The average Bonchev–Trinajstić information content (AvgIpc) is 3.65. The first kappa shape index (κ1) is 33.4. The number of unbranched alkanes of at least 4 members (excludes halogenated alkanes) is 2. The molecule has 5 heterocycles. The van der Waals surface area contributed by atoms with Crippen molar-refractivity contribution in [3.8, 4) is 0 Å². The fraction of sp³-hybridized carbons (Fsp3) is 0.600. The number of nitrogen functional groups attached to an aromatic ring is 1. The number of nitrogens with two attached hydrogens (primary N) is 1. The molecule has 0 spiro atoms. The number of carbonyl (C=O) groups is 1. The zero-order valence-electron chi connectivity index (χ0n) is 23.8. The van der Waals surface area contributed by atoms with Gasteiger partial charge in [-0.3, -0.25) is 14.5 Å². The molecule has 2 aliphatic heterocycles. The molecular formula is C25H34ClFN8O9. The fourth-order valence-corrected chi connectivity index (χ4v) is 4.77. The molecule has 0 unspecified atom stereocenters. The van der Waals surface area contributed by atoms with Gasteiger partial charge in [0.05, 0.1) is 37.9 Å². The van der Waals surface area contributed by atoms with Crippen LogP contribution in [0.4, 0.5) is 20.8 Å². The van der Waals surface area contributed by atoms with E-state index < -0.39 is 66.4 Å². The van der Waals surface area contributed by atoms with Crippen LogP contribution in [-0.2, 0) is 14.2 Å². The molecule has 17 nitrogen and oxygen atoms in total. The molecule has 0 bridgehead atoms. The minimum absolute atomic E-state index is 0.0176. The van der Waals surface area contributed by atoms with Crippen LogP contribution in [0.5, 0.6) is 0 Å². The Bertz CT molecular complexity index is 1510. The van der Waals surface area contributed by atoms with E-state index in [9.17, 15) is 29.3 Å². The second kappa shape index (κ2) is 14.5. The summed E-state index contributed by atoms with van der Waals surface area (Å²) in [5, 5.41) is 40.4. The minimum Gasteiger partial charge on any atom is -0.449 e. The van der Waals surface area contributed by atoms with E-state index in [0.717, 1.165) is 23.6 Å². The molecule has 44 heavy (non-hydrogen) atoms. The molecule has 0 aliphatic carbocycles. The molecule has 1 amide bonds. The second-order valence-electron chi connectivity index (χ2n) is 10.1. The van der Waals surface area contributed by atoms with Crippen LogP contribution < -0.4 is 16.7 Å². The number of aromatic nitrogens is 6. The van der Waals surface area contributed by atoms with Gasteiger partial charge >= 0.3 is 11.8 Å². The van der Waals surface area contributed by atoms with Gasteiger partial charge in [0.15, 0.2) is 29.3 Å². The predicted octanol–water partition coefficient (Wildman–Crippen LogP) is 0.463. The highest BCUT2D eigenvalue weighted by Gasteiger charge is 2.42. The van der Waals surface area contributed by atoms with Crippen LogP contribution >= 0.6 is 11.6 Å². The Morgan fingerprint density at radius 1 is 1.20 bits per heavy atom. The van der Waals surface area contributed by atoms with Crippen molar-refractivity contribution in [3.63, 3.8) is 0 Å². The normalized spacial score (nSPS) is 26.4. The van der Waals surface area contributed by atoms with E-state index in [-0.39, 0.29) is 24.3 Å². The van der Waals surface area contributed by atoms with Crippen LogP contribution in [0.15, 0.2) is 17.3 Å². The van der Waals surface area contributed by atoms with Crippen molar-refractivity contribution < 1.29 is 43.8 Å². The van der Waals surface area contributed by atoms with E-state index in [1.807, 2.05) is 6.92 Å². The summed E-state index contributed by atoms with van der Waals surface area (Å²) in [5.41, 5.74) is 5.62. The number of ether oxygens (including phenoxy) is 3. The lowest BCUT2D eigenvalue weighted by molar-refractivity contribution is -0.0432. The quantitative estimate of drug-likeness (QED) is 0.144. The van der Waals surface area contributed by atoms with E-state index in [0.29, 0.717) is 24.0 Å². The average molecular weight is 645 g/mol. The molecule has 0 saturated carbocycles. The summed E-state index contributed by atoms with van der Waals surface area (Å²) < 4.78 is 32.1. The molecule has 242 valence electrons. The largest absolute Gasteiger partial charge is 0.449 e. The maximum atomic E-state index is 14.1. The molecule has 19 heteroatoms. The van der Waals surface area contributed by atoms with Gasteiger partial charge in [-0.25, -0.2) is 19.0 Å². The van der Waals surface area contributed by atoms with Gasteiger partial charge in [0.2, 0.25) is 5.28 Å². The number of hydrogen-bond donors (Lipinski definition) is 6.